The highest BCUT2D eigenvalue weighted by Gasteiger charge is 2.47. The van der Waals surface area contributed by atoms with Crippen LogP contribution in [0.4, 0.5) is 11.8 Å². The second-order valence-corrected chi connectivity index (χ2v) is 10.2. The van der Waals surface area contributed by atoms with Gasteiger partial charge in [0.15, 0.2) is 0 Å². The summed E-state index contributed by atoms with van der Waals surface area (Å²) >= 11 is 0. The van der Waals surface area contributed by atoms with Crippen LogP contribution < -0.4 is 15.4 Å². The van der Waals surface area contributed by atoms with Crippen molar-refractivity contribution < 1.29 is 8.42 Å². The molecule has 0 saturated carbocycles. The first-order valence-electron chi connectivity index (χ1n) is 9.86. The lowest BCUT2D eigenvalue weighted by Gasteiger charge is -2.57. The van der Waals surface area contributed by atoms with E-state index in [9.17, 15) is 8.42 Å². The van der Waals surface area contributed by atoms with Gasteiger partial charge in [-0.2, -0.15) is 4.98 Å². The van der Waals surface area contributed by atoms with Crippen LogP contribution in [0.2, 0.25) is 0 Å². The molecule has 0 aliphatic carbocycles. The summed E-state index contributed by atoms with van der Waals surface area (Å²) < 4.78 is 26.2. The topological polar surface area (TPSA) is 104 Å². The van der Waals surface area contributed by atoms with E-state index in [1.54, 1.807) is 0 Å². The quantitative estimate of drug-likeness (QED) is 0.770. The van der Waals surface area contributed by atoms with Crippen LogP contribution in [0.25, 0.3) is 0 Å². The molecule has 3 saturated heterocycles. The van der Waals surface area contributed by atoms with Gasteiger partial charge in [0.2, 0.25) is 16.0 Å². The Morgan fingerprint density at radius 3 is 2.78 bits per heavy atom. The average molecular weight is 395 g/mol. The monoisotopic (exact) mass is 394 g/mol. The number of rotatable bonds is 4. The highest BCUT2D eigenvalue weighted by atomic mass is 32.2. The molecule has 1 aromatic rings. The number of nitrogens with zero attached hydrogens (tertiary/aromatic N) is 4. The van der Waals surface area contributed by atoms with Crippen molar-refractivity contribution >= 4 is 21.8 Å². The van der Waals surface area contributed by atoms with E-state index in [-0.39, 0.29) is 6.04 Å². The Morgan fingerprint density at radius 2 is 2.04 bits per heavy atom. The van der Waals surface area contributed by atoms with Crippen molar-refractivity contribution in [3.05, 3.63) is 11.8 Å². The molecule has 27 heavy (non-hydrogen) atoms. The molecule has 0 amide bonds. The summed E-state index contributed by atoms with van der Waals surface area (Å²) in [6.45, 7) is 5.37. The third kappa shape index (κ3) is 4.05. The van der Waals surface area contributed by atoms with Crippen molar-refractivity contribution in [2.24, 2.45) is 11.8 Å². The van der Waals surface area contributed by atoms with Crippen molar-refractivity contribution in [2.75, 3.05) is 43.1 Å². The molecule has 0 spiro atoms. The van der Waals surface area contributed by atoms with Gasteiger partial charge in [0.1, 0.15) is 5.82 Å². The van der Waals surface area contributed by atoms with Gasteiger partial charge >= 0.3 is 0 Å². The Hall–Kier alpha value is -1.45. The molecule has 4 rings (SSSR count). The molecule has 9 heteroatoms. The van der Waals surface area contributed by atoms with Crippen LogP contribution in [0.3, 0.4) is 0 Å². The summed E-state index contributed by atoms with van der Waals surface area (Å²) in [6.07, 6.45) is 6.07. The summed E-state index contributed by atoms with van der Waals surface area (Å²) in [5.41, 5.74) is 6.75. The van der Waals surface area contributed by atoms with Gasteiger partial charge in [0.25, 0.3) is 0 Å². The fraction of sp³-hybridized carbons (Fsp3) is 0.778. The summed E-state index contributed by atoms with van der Waals surface area (Å²) in [5.74, 6) is 2.22. The average Bonchev–Trinajstić information content (AvgIpc) is 2.60. The molecule has 4 atom stereocenters. The van der Waals surface area contributed by atoms with Crippen LogP contribution in [0, 0.1) is 18.8 Å². The van der Waals surface area contributed by atoms with Crippen LogP contribution in [0.5, 0.6) is 0 Å². The lowest BCUT2D eigenvalue weighted by atomic mass is 9.72. The summed E-state index contributed by atoms with van der Waals surface area (Å²) in [6, 6.07) is 2.77. The second kappa shape index (κ2) is 7.18. The van der Waals surface area contributed by atoms with E-state index >= 15 is 0 Å². The van der Waals surface area contributed by atoms with E-state index in [4.69, 9.17) is 5.73 Å². The van der Waals surface area contributed by atoms with Crippen molar-refractivity contribution in [1.29, 1.82) is 0 Å². The Morgan fingerprint density at radius 1 is 1.26 bits per heavy atom. The van der Waals surface area contributed by atoms with E-state index in [0.717, 1.165) is 37.6 Å². The lowest BCUT2D eigenvalue weighted by Crippen LogP contribution is -2.65. The Labute approximate surface area is 161 Å². The predicted octanol–water partition coefficient (Wildman–Crippen LogP) is 0.596. The maximum Gasteiger partial charge on any atom is 0.222 e. The van der Waals surface area contributed by atoms with Gasteiger partial charge in [-0.05, 0) is 44.6 Å². The number of aryl methyl sites for hydroxylation is 1. The van der Waals surface area contributed by atoms with Crippen molar-refractivity contribution in [3.8, 4) is 0 Å². The normalized spacial score (nSPS) is 31.6. The minimum absolute atomic E-state index is 0.240. The van der Waals surface area contributed by atoms with E-state index in [2.05, 4.69) is 24.5 Å². The zero-order valence-corrected chi connectivity index (χ0v) is 17.0. The van der Waals surface area contributed by atoms with Gasteiger partial charge in [0.05, 0.1) is 6.26 Å². The number of nitrogens with two attached hydrogens (primary N) is 1. The molecule has 0 radical (unpaired) electrons. The molecular formula is C18H30N6O2S. The van der Waals surface area contributed by atoms with Gasteiger partial charge in [0, 0.05) is 43.5 Å². The van der Waals surface area contributed by atoms with E-state index in [0.29, 0.717) is 30.4 Å². The maximum atomic E-state index is 11.7. The van der Waals surface area contributed by atoms with Crippen LogP contribution in [0.15, 0.2) is 6.07 Å². The second-order valence-electron chi connectivity index (χ2n) is 8.38. The smallest absolute Gasteiger partial charge is 0.222 e. The van der Waals surface area contributed by atoms with Gasteiger partial charge < -0.3 is 10.6 Å². The highest BCUT2D eigenvalue weighted by molar-refractivity contribution is 7.88. The number of aromatic nitrogens is 2. The largest absolute Gasteiger partial charge is 0.368 e. The van der Waals surface area contributed by atoms with Gasteiger partial charge in [-0.15, -0.1) is 0 Å². The zero-order valence-electron chi connectivity index (χ0n) is 16.1. The maximum absolute atomic E-state index is 11.7. The number of sulfonamides is 1. The zero-order chi connectivity index (χ0) is 19.2. The molecule has 2 bridgehead atoms. The molecule has 1 aromatic heterocycles. The Kier molecular flexibility index (Phi) is 5.02. The molecule has 3 aliphatic heterocycles. The van der Waals surface area contributed by atoms with Crippen molar-refractivity contribution in [2.45, 2.75) is 44.7 Å². The van der Waals surface area contributed by atoms with E-state index in [1.807, 2.05) is 13.0 Å². The summed E-state index contributed by atoms with van der Waals surface area (Å²) in [4.78, 5) is 13.6. The molecule has 0 unspecified atom stereocenters. The van der Waals surface area contributed by atoms with Crippen LogP contribution in [0.1, 0.15) is 31.4 Å². The van der Waals surface area contributed by atoms with Gasteiger partial charge in [-0.1, -0.05) is 6.42 Å². The Bertz CT molecular complexity index is 781. The number of fused-ring (bicyclic) bond motifs is 4. The number of nitrogens with one attached hydrogen (secondary N) is 1. The third-order valence-corrected chi connectivity index (χ3v) is 7.05. The summed E-state index contributed by atoms with van der Waals surface area (Å²) in [7, 11) is -3.19. The molecule has 3 fully saturated rings. The van der Waals surface area contributed by atoms with Crippen LogP contribution in [-0.4, -0.2) is 67.8 Å². The number of piperidine rings is 3. The molecule has 150 valence electrons. The molecule has 4 heterocycles. The molecule has 8 nitrogen and oxygen atoms in total. The predicted molar refractivity (Wildman–Crippen MR) is 106 cm³/mol. The summed E-state index contributed by atoms with van der Waals surface area (Å²) in [5, 5.41) is 0. The van der Waals surface area contributed by atoms with E-state index in [1.165, 1.54) is 25.5 Å². The van der Waals surface area contributed by atoms with Crippen molar-refractivity contribution in [3.63, 3.8) is 0 Å². The number of hydrogen-bond acceptors (Lipinski definition) is 7. The van der Waals surface area contributed by atoms with Crippen molar-refractivity contribution in [1.82, 2.24) is 19.6 Å². The minimum atomic E-state index is -3.19. The number of nitrogen functional groups attached to an aromatic ring is 1. The number of hydrogen-bond donors (Lipinski definition) is 2. The van der Waals surface area contributed by atoms with Gasteiger partial charge in [-0.25, -0.2) is 18.1 Å². The lowest BCUT2D eigenvalue weighted by molar-refractivity contribution is -0.0295. The Balaban J connectivity index is 1.60. The number of anilines is 2. The highest BCUT2D eigenvalue weighted by Crippen LogP contribution is 2.41. The van der Waals surface area contributed by atoms with E-state index < -0.39 is 10.0 Å². The minimum Gasteiger partial charge on any atom is -0.368 e. The first kappa shape index (κ1) is 18.9. The molecule has 0 aromatic carbocycles. The standard InChI is InChI=1S/C18H30N6O2S/c1-12-7-17(22-18(19)21-12)23-10-13-8-14(11-23)16(9-20-27(2,25)26)24-6-4-3-5-15(13)24/h7,13-16,20H,3-6,8-11H2,1-2H3,(H2,19,21,22)/t13-,14+,15+,16+/m1/s1. The molecule has 3 N–H and O–H groups in total. The SMILES string of the molecule is Cc1cc(N2C[C@H]3C[C@@H](C2)[C@H](CNS(C)(=O)=O)N2CCCC[C@@H]32)nc(N)n1. The molecular weight excluding hydrogens is 364 g/mol. The fourth-order valence-corrected chi connectivity index (χ4v) is 5.82. The van der Waals surface area contributed by atoms with Crippen LogP contribution in [-0.2, 0) is 10.0 Å². The fourth-order valence-electron chi connectivity index (χ4n) is 5.35. The molecule has 3 aliphatic rings. The third-order valence-electron chi connectivity index (χ3n) is 6.36. The van der Waals surface area contributed by atoms with Gasteiger partial charge in [-0.3, -0.25) is 4.90 Å². The first-order valence-corrected chi connectivity index (χ1v) is 11.8. The van der Waals surface area contributed by atoms with Crippen LogP contribution >= 0.6 is 0 Å². The first-order chi connectivity index (χ1) is 12.8.